The van der Waals surface area contributed by atoms with Crippen molar-refractivity contribution >= 4 is 28.8 Å². The highest BCUT2D eigenvalue weighted by atomic mass is 32.1. The fourth-order valence-electron chi connectivity index (χ4n) is 4.65. The van der Waals surface area contributed by atoms with Gasteiger partial charge in [0.2, 0.25) is 5.91 Å². The third-order valence-corrected chi connectivity index (χ3v) is 7.41. The lowest BCUT2D eigenvalue weighted by molar-refractivity contribution is -0.132. The molecule has 1 atom stereocenters. The Morgan fingerprint density at radius 3 is 2.71 bits per heavy atom. The van der Waals surface area contributed by atoms with Crippen LogP contribution in [0.5, 0.6) is 5.75 Å². The Morgan fingerprint density at radius 1 is 1.13 bits per heavy atom. The Bertz CT molecular complexity index is 1470. The van der Waals surface area contributed by atoms with Crippen molar-refractivity contribution in [2.24, 2.45) is 0 Å². The predicted octanol–water partition coefficient (Wildman–Crippen LogP) is 6.31. The van der Waals surface area contributed by atoms with Gasteiger partial charge in [-0.05, 0) is 66.4 Å². The number of amides is 2. The fraction of sp³-hybridized carbons (Fsp3) is 0.233. The van der Waals surface area contributed by atoms with Gasteiger partial charge in [0.25, 0.3) is 5.91 Å². The molecule has 6 nitrogen and oxygen atoms in total. The van der Waals surface area contributed by atoms with E-state index in [4.69, 9.17) is 4.74 Å². The van der Waals surface area contributed by atoms with Crippen molar-refractivity contribution in [2.45, 2.75) is 39.3 Å². The second kappa shape index (κ2) is 11.1. The lowest BCUT2D eigenvalue weighted by Gasteiger charge is -2.38. The number of nitrogens with one attached hydrogen (secondary N) is 1. The van der Waals surface area contributed by atoms with Crippen LogP contribution >= 0.6 is 11.3 Å². The average Bonchev–Trinajstić information content (AvgIpc) is 3.41. The van der Waals surface area contributed by atoms with E-state index in [1.165, 1.54) is 23.5 Å². The molecule has 5 rings (SSSR count). The highest BCUT2D eigenvalue weighted by Gasteiger charge is 2.32. The summed E-state index contributed by atoms with van der Waals surface area (Å²) < 4.78 is 20.2. The van der Waals surface area contributed by atoms with Gasteiger partial charge < -0.3 is 15.0 Å². The van der Waals surface area contributed by atoms with Crippen LogP contribution in [0, 0.1) is 12.7 Å². The molecule has 3 aromatic carbocycles. The van der Waals surface area contributed by atoms with Crippen molar-refractivity contribution in [2.75, 3.05) is 11.9 Å². The normalized spacial score (nSPS) is 14.6. The second-order valence-corrected chi connectivity index (χ2v) is 10.2. The van der Waals surface area contributed by atoms with Crippen LogP contribution in [-0.4, -0.2) is 28.2 Å². The van der Waals surface area contributed by atoms with Crippen molar-refractivity contribution < 1.29 is 18.7 Å². The molecule has 0 fully saturated rings. The van der Waals surface area contributed by atoms with Gasteiger partial charge >= 0.3 is 0 Å². The summed E-state index contributed by atoms with van der Waals surface area (Å²) in [6.07, 6.45) is 1.10. The van der Waals surface area contributed by atoms with Gasteiger partial charge in [-0.15, -0.1) is 11.3 Å². The lowest BCUT2D eigenvalue weighted by Crippen LogP contribution is -2.40. The first kappa shape index (κ1) is 25.6. The Kier molecular flexibility index (Phi) is 7.51. The number of thiazole rings is 1. The number of hydrogen-bond donors (Lipinski definition) is 1. The summed E-state index contributed by atoms with van der Waals surface area (Å²) in [4.78, 5) is 31.6. The number of benzene rings is 3. The number of hydrogen-bond acceptors (Lipinski definition) is 5. The van der Waals surface area contributed by atoms with E-state index in [-0.39, 0.29) is 30.3 Å². The maximum atomic E-state index is 14.1. The maximum absolute atomic E-state index is 14.1. The summed E-state index contributed by atoms with van der Waals surface area (Å²) in [5.41, 5.74) is 4.93. The van der Waals surface area contributed by atoms with E-state index in [1.807, 2.05) is 67.3 Å². The first-order valence-electron chi connectivity index (χ1n) is 12.5. The second-order valence-electron chi connectivity index (χ2n) is 9.24. The summed E-state index contributed by atoms with van der Waals surface area (Å²) in [5.74, 6) is 0.0351. The van der Waals surface area contributed by atoms with Crippen LogP contribution in [0.3, 0.4) is 0 Å². The van der Waals surface area contributed by atoms with Crippen LogP contribution < -0.4 is 10.1 Å². The molecule has 38 heavy (non-hydrogen) atoms. The van der Waals surface area contributed by atoms with Gasteiger partial charge in [0.1, 0.15) is 28.9 Å². The molecule has 4 aromatic rings. The standard InChI is InChI=1S/C30H28FN3O3S/c1-3-28(35)34-14-13-20-9-12-24(16-25(20)29(34)21-5-4-6-22(31)15-21)37-17-27-33-26(18-38-27)30(36)32-23-10-7-19(2)8-11-23/h4-12,15-16,18,29H,3,13-14,17H2,1-2H3,(H,32,36)/t29-/m0/s1. The number of carbonyl (C=O) groups is 2. The summed E-state index contributed by atoms with van der Waals surface area (Å²) in [6.45, 7) is 4.60. The quantitative estimate of drug-likeness (QED) is 0.305. The summed E-state index contributed by atoms with van der Waals surface area (Å²) in [6, 6.07) is 19.4. The zero-order valence-corrected chi connectivity index (χ0v) is 22.1. The molecule has 0 unspecified atom stereocenters. The highest BCUT2D eigenvalue weighted by molar-refractivity contribution is 7.09. The monoisotopic (exact) mass is 529 g/mol. The smallest absolute Gasteiger partial charge is 0.275 e. The molecule has 0 bridgehead atoms. The summed E-state index contributed by atoms with van der Waals surface area (Å²) in [5, 5.41) is 5.23. The Balaban J connectivity index is 1.33. The average molecular weight is 530 g/mol. The number of rotatable bonds is 7. The molecular weight excluding hydrogens is 501 g/mol. The molecule has 1 aliphatic rings. The number of fused-ring (bicyclic) bond motifs is 1. The van der Waals surface area contributed by atoms with Crippen LogP contribution in [0.25, 0.3) is 0 Å². The molecule has 0 saturated heterocycles. The van der Waals surface area contributed by atoms with Gasteiger partial charge in [-0.2, -0.15) is 0 Å². The summed E-state index contributed by atoms with van der Waals surface area (Å²) >= 11 is 1.35. The number of halogens is 1. The molecule has 8 heteroatoms. The van der Waals surface area contributed by atoms with Crippen molar-refractivity contribution in [3.05, 3.63) is 111 Å². The lowest BCUT2D eigenvalue weighted by atomic mass is 9.87. The Morgan fingerprint density at radius 2 is 1.95 bits per heavy atom. The van der Waals surface area contributed by atoms with Crippen molar-refractivity contribution in [3.63, 3.8) is 0 Å². The van der Waals surface area contributed by atoms with Crippen molar-refractivity contribution in [3.8, 4) is 5.75 Å². The Labute approximate surface area is 225 Å². The van der Waals surface area contributed by atoms with E-state index in [1.54, 1.807) is 11.4 Å². The zero-order valence-electron chi connectivity index (χ0n) is 21.2. The molecule has 2 heterocycles. The molecule has 1 aliphatic heterocycles. The molecule has 0 saturated carbocycles. The van der Waals surface area contributed by atoms with Gasteiger partial charge in [-0.25, -0.2) is 9.37 Å². The topological polar surface area (TPSA) is 71.5 Å². The fourth-order valence-corrected chi connectivity index (χ4v) is 5.33. The molecule has 194 valence electrons. The van der Waals surface area contributed by atoms with E-state index >= 15 is 0 Å². The molecule has 2 amide bonds. The predicted molar refractivity (Wildman–Crippen MR) is 146 cm³/mol. The molecular formula is C30H28FN3O3S. The van der Waals surface area contributed by atoms with Gasteiger partial charge in [-0.1, -0.05) is 42.8 Å². The van der Waals surface area contributed by atoms with Crippen LogP contribution in [-0.2, 0) is 17.8 Å². The minimum absolute atomic E-state index is 0.0236. The Hall–Kier alpha value is -4.04. The third kappa shape index (κ3) is 5.60. The maximum Gasteiger partial charge on any atom is 0.275 e. The number of aromatic nitrogens is 1. The SMILES string of the molecule is CCC(=O)N1CCc2ccc(OCc3nc(C(=O)Nc4ccc(C)cc4)cs3)cc2[C@@H]1c1cccc(F)c1. The largest absolute Gasteiger partial charge is 0.486 e. The van der Waals surface area contributed by atoms with Crippen LogP contribution in [0.2, 0.25) is 0 Å². The molecule has 0 aliphatic carbocycles. The van der Waals surface area contributed by atoms with E-state index in [0.29, 0.717) is 35.1 Å². The van der Waals surface area contributed by atoms with Crippen molar-refractivity contribution in [1.82, 2.24) is 9.88 Å². The van der Waals surface area contributed by atoms with Crippen LogP contribution in [0.15, 0.2) is 72.1 Å². The summed E-state index contributed by atoms with van der Waals surface area (Å²) in [7, 11) is 0. The van der Waals surface area contributed by atoms with E-state index in [2.05, 4.69) is 10.3 Å². The minimum Gasteiger partial charge on any atom is -0.486 e. The van der Waals surface area contributed by atoms with Gasteiger partial charge in [0, 0.05) is 24.0 Å². The first-order valence-corrected chi connectivity index (χ1v) is 13.4. The molecule has 1 N–H and O–H groups in total. The number of aryl methyl sites for hydroxylation is 1. The number of ether oxygens (including phenoxy) is 1. The highest BCUT2D eigenvalue weighted by Crippen LogP contribution is 2.38. The molecule has 0 radical (unpaired) electrons. The van der Waals surface area contributed by atoms with Gasteiger partial charge in [0.05, 0.1) is 6.04 Å². The number of nitrogens with zero attached hydrogens (tertiary/aromatic N) is 2. The van der Waals surface area contributed by atoms with Crippen LogP contribution in [0.1, 0.15) is 57.1 Å². The van der Waals surface area contributed by atoms with E-state index in [0.717, 1.165) is 28.7 Å². The van der Waals surface area contributed by atoms with Gasteiger partial charge in [-0.3, -0.25) is 9.59 Å². The minimum atomic E-state index is -0.387. The van der Waals surface area contributed by atoms with Crippen LogP contribution in [0.4, 0.5) is 10.1 Å². The van der Waals surface area contributed by atoms with E-state index in [9.17, 15) is 14.0 Å². The van der Waals surface area contributed by atoms with Gasteiger partial charge in [0.15, 0.2) is 0 Å². The molecule has 0 spiro atoms. The number of anilines is 1. The third-order valence-electron chi connectivity index (χ3n) is 6.59. The zero-order chi connectivity index (χ0) is 26.6. The molecule has 1 aromatic heterocycles. The van der Waals surface area contributed by atoms with Crippen molar-refractivity contribution in [1.29, 1.82) is 0 Å². The first-order chi connectivity index (χ1) is 18.4. The van der Waals surface area contributed by atoms with E-state index < -0.39 is 0 Å². The number of carbonyl (C=O) groups excluding carboxylic acids is 2.